The standard InChI is InChI=1S/C21H28N2O2/c1-3-8-19(9-4-1)21(18-23-13-16-24-17-14-23)22-12-7-15-25-20-10-5-2-6-11-20/h1-6,8-11,21-22H,7,12-18H2. The Hall–Kier alpha value is -1.88. The minimum Gasteiger partial charge on any atom is -0.494 e. The van der Waals surface area contributed by atoms with E-state index in [2.05, 4.69) is 40.5 Å². The molecule has 0 bridgehead atoms. The van der Waals surface area contributed by atoms with Gasteiger partial charge in [0.05, 0.1) is 19.8 Å². The predicted molar refractivity (Wildman–Crippen MR) is 101 cm³/mol. The molecule has 134 valence electrons. The van der Waals surface area contributed by atoms with Crippen molar-refractivity contribution in [2.45, 2.75) is 12.5 Å². The lowest BCUT2D eigenvalue weighted by Crippen LogP contribution is -2.42. The first kappa shape index (κ1) is 17.9. The van der Waals surface area contributed by atoms with Crippen LogP contribution in [0.5, 0.6) is 5.75 Å². The van der Waals surface area contributed by atoms with Gasteiger partial charge in [0.25, 0.3) is 0 Å². The van der Waals surface area contributed by atoms with Gasteiger partial charge in [0.2, 0.25) is 0 Å². The molecule has 1 fully saturated rings. The maximum absolute atomic E-state index is 5.78. The average Bonchev–Trinajstić information content (AvgIpc) is 2.69. The van der Waals surface area contributed by atoms with Crippen LogP contribution in [0.4, 0.5) is 0 Å². The van der Waals surface area contributed by atoms with E-state index in [9.17, 15) is 0 Å². The normalized spacial score (nSPS) is 16.5. The number of hydrogen-bond acceptors (Lipinski definition) is 4. The summed E-state index contributed by atoms with van der Waals surface area (Å²) in [7, 11) is 0. The summed E-state index contributed by atoms with van der Waals surface area (Å²) in [6.45, 7) is 6.41. The highest BCUT2D eigenvalue weighted by Crippen LogP contribution is 2.15. The Kier molecular flexibility index (Phi) is 7.31. The molecule has 0 spiro atoms. The first-order valence-corrected chi connectivity index (χ1v) is 9.18. The molecule has 1 unspecified atom stereocenters. The zero-order valence-corrected chi connectivity index (χ0v) is 14.8. The quantitative estimate of drug-likeness (QED) is 0.711. The third-order valence-corrected chi connectivity index (χ3v) is 4.47. The SMILES string of the molecule is c1ccc(OCCCNC(CN2CCOCC2)c2ccccc2)cc1. The van der Waals surface area contributed by atoms with Crippen molar-refractivity contribution in [2.24, 2.45) is 0 Å². The van der Waals surface area contributed by atoms with Crippen LogP contribution in [-0.2, 0) is 4.74 Å². The van der Waals surface area contributed by atoms with Gasteiger partial charge in [-0.3, -0.25) is 4.90 Å². The van der Waals surface area contributed by atoms with Gasteiger partial charge < -0.3 is 14.8 Å². The smallest absolute Gasteiger partial charge is 0.119 e. The topological polar surface area (TPSA) is 33.7 Å². The maximum atomic E-state index is 5.78. The van der Waals surface area contributed by atoms with Crippen LogP contribution >= 0.6 is 0 Å². The summed E-state index contributed by atoms with van der Waals surface area (Å²) in [6, 6.07) is 21.1. The highest BCUT2D eigenvalue weighted by atomic mass is 16.5. The van der Waals surface area contributed by atoms with Gasteiger partial charge >= 0.3 is 0 Å². The minimum absolute atomic E-state index is 0.344. The van der Waals surface area contributed by atoms with Crippen LogP contribution in [0.2, 0.25) is 0 Å². The Bertz CT molecular complexity index is 585. The van der Waals surface area contributed by atoms with Crippen LogP contribution in [0.25, 0.3) is 0 Å². The fourth-order valence-corrected chi connectivity index (χ4v) is 3.07. The molecule has 1 aliphatic heterocycles. The van der Waals surface area contributed by atoms with Crippen molar-refractivity contribution in [1.82, 2.24) is 10.2 Å². The van der Waals surface area contributed by atoms with Crippen molar-refractivity contribution in [3.8, 4) is 5.75 Å². The molecule has 0 amide bonds. The maximum Gasteiger partial charge on any atom is 0.119 e. The van der Waals surface area contributed by atoms with Gasteiger partial charge in [-0.2, -0.15) is 0 Å². The van der Waals surface area contributed by atoms with E-state index in [0.29, 0.717) is 6.04 Å². The Morgan fingerprint density at radius 2 is 1.64 bits per heavy atom. The van der Waals surface area contributed by atoms with Crippen molar-refractivity contribution >= 4 is 0 Å². The monoisotopic (exact) mass is 340 g/mol. The van der Waals surface area contributed by atoms with E-state index in [0.717, 1.165) is 58.2 Å². The molecule has 4 heteroatoms. The van der Waals surface area contributed by atoms with E-state index in [1.807, 2.05) is 30.3 Å². The summed E-state index contributed by atoms with van der Waals surface area (Å²) < 4.78 is 11.2. The highest BCUT2D eigenvalue weighted by molar-refractivity contribution is 5.21. The second kappa shape index (κ2) is 10.2. The number of nitrogens with one attached hydrogen (secondary N) is 1. The summed E-state index contributed by atoms with van der Waals surface area (Å²) >= 11 is 0. The van der Waals surface area contributed by atoms with Crippen molar-refractivity contribution < 1.29 is 9.47 Å². The van der Waals surface area contributed by atoms with Crippen LogP contribution in [0.1, 0.15) is 18.0 Å². The molecule has 0 aliphatic carbocycles. The van der Waals surface area contributed by atoms with Crippen molar-refractivity contribution in [1.29, 1.82) is 0 Å². The molecule has 0 aromatic heterocycles. The zero-order chi connectivity index (χ0) is 17.2. The highest BCUT2D eigenvalue weighted by Gasteiger charge is 2.17. The first-order valence-electron chi connectivity index (χ1n) is 9.18. The molecule has 0 radical (unpaired) electrons. The fourth-order valence-electron chi connectivity index (χ4n) is 3.07. The van der Waals surface area contributed by atoms with Crippen LogP contribution in [-0.4, -0.2) is 50.9 Å². The molecule has 1 N–H and O–H groups in total. The van der Waals surface area contributed by atoms with Gasteiger partial charge in [-0.15, -0.1) is 0 Å². The van der Waals surface area contributed by atoms with Crippen molar-refractivity contribution in [3.63, 3.8) is 0 Å². The molecule has 0 saturated carbocycles. The largest absolute Gasteiger partial charge is 0.494 e. The number of para-hydroxylation sites is 1. The lowest BCUT2D eigenvalue weighted by molar-refractivity contribution is 0.0334. The summed E-state index contributed by atoms with van der Waals surface area (Å²) in [5.41, 5.74) is 1.35. The van der Waals surface area contributed by atoms with Crippen LogP contribution in [0.15, 0.2) is 60.7 Å². The predicted octanol–water partition coefficient (Wildman–Crippen LogP) is 3.12. The van der Waals surface area contributed by atoms with Gasteiger partial charge in [-0.05, 0) is 30.7 Å². The number of nitrogens with zero attached hydrogens (tertiary/aromatic N) is 1. The molecule has 1 heterocycles. The Morgan fingerprint density at radius 3 is 2.36 bits per heavy atom. The Morgan fingerprint density at radius 1 is 0.960 bits per heavy atom. The van der Waals surface area contributed by atoms with E-state index in [-0.39, 0.29) is 0 Å². The van der Waals surface area contributed by atoms with Gasteiger partial charge in [0.15, 0.2) is 0 Å². The zero-order valence-electron chi connectivity index (χ0n) is 14.8. The number of hydrogen-bond donors (Lipinski definition) is 1. The summed E-state index contributed by atoms with van der Waals surface area (Å²) in [4.78, 5) is 2.48. The fraction of sp³-hybridized carbons (Fsp3) is 0.429. The summed E-state index contributed by atoms with van der Waals surface area (Å²) in [6.07, 6.45) is 0.987. The molecule has 1 saturated heterocycles. The van der Waals surface area contributed by atoms with E-state index < -0.39 is 0 Å². The molecular formula is C21H28N2O2. The van der Waals surface area contributed by atoms with Crippen molar-refractivity contribution in [2.75, 3.05) is 46.0 Å². The summed E-state index contributed by atoms with van der Waals surface area (Å²) in [5.74, 6) is 0.940. The van der Waals surface area contributed by atoms with Gasteiger partial charge in [0.1, 0.15) is 5.75 Å². The molecular weight excluding hydrogens is 312 g/mol. The van der Waals surface area contributed by atoms with E-state index in [1.54, 1.807) is 0 Å². The van der Waals surface area contributed by atoms with Crippen molar-refractivity contribution in [3.05, 3.63) is 66.2 Å². The molecule has 3 rings (SSSR count). The number of rotatable bonds is 9. The van der Waals surface area contributed by atoms with E-state index in [4.69, 9.17) is 9.47 Å². The molecule has 1 aliphatic rings. The Balaban J connectivity index is 1.45. The second-order valence-electron chi connectivity index (χ2n) is 6.35. The first-order chi connectivity index (χ1) is 12.4. The van der Waals surface area contributed by atoms with Gasteiger partial charge in [-0.1, -0.05) is 48.5 Å². The van der Waals surface area contributed by atoms with E-state index >= 15 is 0 Å². The lowest BCUT2D eigenvalue weighted by atomic mass is 10.1. The molecule has 2 aromatic carbocycles. The number of ether oxygens (including phenoxy) is 2. The molecule has 25 heavy (non-hydrogen) atoms. The average molecular weight is 340 g/mol. The van der Waals surface area contributed by atoms with Crippen LogP contribution < -0.4 is 10.1 Å². The van der Waals surface area contributed by atoms with Crippen LogP contribution in [0.3, 0.4) is 0 Å². The van der Waals surface area contributed by atoms with Crippen LogP contribution in [0, 0.1) is 0 Å². The van der Waals surface area contributed by atoms with E-state index in [1.165, 1.54) is 5.56 Å². The molecule has 2 aromatic rings. The van der Waals surface area contributed by atoms with Gasteiger partial charge in [-0.25, -0.2) is 0 Å². The lowest BCUT2D eigenvalue weighted by Gasteiger charge is -2.31. The summed E-state index contributed by atoms with van der Waals surface area (Å²) in [5, 5.41) is 3.71. The third-order valence-electron chi connectivity index (χ3n) is 4.47. The Labute approximate surface area is 150 Å². The number of benzene rings is 2. The number of morpholine rings is 1. The molecule has 4 nitrogen and oxygen atoms in total. The minimum atomic E-state index is 0.344. The van der Waals surface area contributed by atoms with Gasteiger partial charge in [0, 0.05) is 25.7 Å². The second-order valence-corrected chi connectivity index (χ2v) is 6.35. The third kappa shape index (κ3) is 6.16. The molecule has 1 atom stereocenters.